The van der Waals surface area contributed by atoms with E-state index in [1.807, 2.05) is 13.8 Å². The van der Waals surface area contributed by atoms with Gasteiger partial charge in [0.25, 0.3) is 0 Å². The molecule has 0 nitrogen and oxygen atoms in total. The highest BCUT2D eigenvalue weighted by Gasteiger charge is 2.05. The van der Waals surface area contributed by atoms with Crippen molar-refractivity contribution >= 4 is 0 Å². The Morgan fingerprint density at radius 3 is 1.79 bits per heavy atom. The van der Waals surface area contributed by atoms with Gasteiger partial charge in [0, 0.05) is 0 Å². The molecule has 0 aliphatic heterocycles. The van der Waals surface area contributed by atoms with Crippen LogP contribution in [0.5, 0.6) is 0 Å². The molecule has 0 saturated carbocycles. The number of aryl methyl sites for hydroxylation is 2. The number of benzene rings is 1. The molecule has 0 N–H and O–H groups in total. The molecule has 80 valence electrons. The SMILES string of the molecule is CC.CCc1c(C)cc(C)c(C)c1C. The van der Waals surface area contributed by atoms with E-state index >= 15 is 0 Å². The molecule has 0 aliphatic rings. The zero-order valence-electron chi connectivity index (χ0n) is 10.8. The second-order valence-electron chi connectivity index (χ2n) is 3.59. The van der Waals surface area contributed by atoms with Crippen molar-refractivity contribution in [1.29, 1.82) is 0 Å². The molecule has 0 aromatic heterocycles. The monoisotopic (exact) mass is 192 g/mol. The summed E-state index contributed by atoms with van der Waals surface area (Å²) in [5.41, 5.74) is 7.32. The summed E-state index contributed by atoms with van der Waals surface area (Å²) in [6.07, 6.45) is 1.15. The van der Waals surface area contributed by atoms with Crippen molar-refractivity contribution in [2.45, 2.75) is 54.9 Å². The first-order valence-electron chi connectivity index (χ1n) is 5.64. The van der Waals surface area contributed by atoms with Crippen molar-refractivity contribution in [1.82, 2.24) is 0 Å². The largest absolute Gasteiger partial charge is 0.0683 e. The first kappa shape index (κ1) is 13.2. The molecule has 0 aliphatic carbocycles. The summed E-state index contributed by atoms with van der Waals surface area (Å²) in [6.45, 7) is 15.1. The van der Waals surface area contributed by atoms with Gasteiger partial charge >= 0.3 is 0 Å². The lowest BCUT2D eigenvalue weighted by molar-refractivity contribution is 1.05. The number of hydrogen-bond donors (Lipinski definition) is 0. The number of hydrogen-bond acceptors (Lipinski definition) is 0. The van der Waals surface area contributed by atoms with Crippen LogP contribution in [0, 0.1) is 27.7 Å². The Labute approximate surface area is 89.4 Å². The molecule has 0 atom stereocenters. The summed E-state index contributed by atoms with van der Waals surface area (Å²) in [5, 5.41) is 0. The van der Waals surface area contributed by atoms with E-state index in [2.05, 4.69) is 40.7 Å². The van der Waals surface area contributed by atoms with E-state index in [0.29, 0.717) is 0 Å². The Morgan fingerprint density at radius 1 is 0.857 bits per heavy atom. The van der Waals surface area contributed by atoms with Crippen molar-refractivity contribution in [3.63, 3.8) is 0 Å². The predicted molar refractivity (Wildman–Crippen MR) is 66.1 cm³/mol. The van der Waals surface area contributed by atoms with Gasteiger partial charge in [-0.15, -0.1) is 0 Å². The molecule has 0 radical (unpaired) electrons. The second kappa shape index (κ2) is 5.85. The third-order valence-electron chi connectivity index (χ3n) is 2.87. The van der Waals surface area contributed by atoms with Gasteiger partial charge in [-0.05, 0) is 61.9 Å². The fourth-order valence-electron chi connectivity index (χ4n) is 1.88. The van der Waals surface area contributed by atoms with Crippen molar-refractivity contribution in [2.24, 2.45) is 0 Å². The molecule has 1 aromatic carbocycles. The van der Waals surface area contributed by atoms with Crippen molar-refractivity contribution in [2.75, 3.05) is 0 Å². The van der Waals surface area contributed by atoms with E-state index in [1.165, 1.54) is 27.8 Å². The summed E-state index contributed by atoms with van der Waals surface area (Å²) in [5.74, 6) is 0. The van der Waals surface area contributed by atoms with Crippen LogP contribution in [0.3, 0.4) is 0 Å². The van der Waals surface area contributed by atoms with Gasteiger partial charge < -0.3 is 0 Å². The normalized spacial score (nSPS) is 9.36. The molecule has 0 fully saturated rings. The predicted octanol–water partition coefficient (Wildman–Crippen LogP) is 4.51. The lowest BCUT2D eigenvalue weighted by Crippen LogP contribution is -1.96. The van der Waals surface area contributed by atoms with Gasteiger partial charge in [-0.1, -0.05) is 26.8 Å². The lowest BCUT2D eigenvalue weighted by Gasteiger charge is -2.13. The van der Waals surface area contributed by atoms with Crippen LogP contribution in [-0.2, 0) is 6.42 Å². The Kier molecular flexibility index (Phi) is 5.52. The molecule has 14 heavy (non-hydrogen) atoms. The molecule has 0 bridgehead atoms. The smallest absolute Gasteiger partial charge is 0.0302 e. The van der Waals surface area contributed by atoms with Gasteiger partial charge in [0.05, 0.1) is 0 Å². The zero-order chi connectivity index (χ0) is 11.3. The van der Waals surface area contributed by atoms with Gasteiger partial charge in [-0.2, -0.15) is 0 Å². The van der Waals surface area contributed by atoms with Gasteiger partial charge in [-0.3, -0.25) is 0 Å². The molecule has 1 rings (SSSR count). The van der Waals surface area contributed by atoms with E-state index in [0.717, 1.165) is 6.42 Å². The first-order valence-corrected chi connectivity index (χ1v) is 5.64. The topological polar surface area (TPSA) is 0 Å². The van der Waals surface area contributed by atoms with Gasteiger partial charge in [-0.25, -0.2) is 0 Å². The van der Waals surface area contributed by atoms with Gasteiger partial charge in [0.15, 0.2) is 0 Å². The molecule has 1 aromatic rings. The summed E-state index contributed by atoms with van der Waals surface area (Å²) >= 11 is 0. The van der Waals surface area contributed by atoms with Crippen molar-refractivity contribution in [3.8, 4) is 0 Å². The fraction of sp³-hybridized carbons (Fsp3) is 0.571. The van der Waals surface area contributed by atoms with E-state index in [4.69, 9.17) is 0 Å². The molecule has 0 spiro atoms. The maximum atomic E-state index is 2.29. The van der Waals surface area contributed by atoms with Gasteiger partial charge in [0.2, 0.25) is 0 Å². The summed E-state index contributed by atoms with van der Waals surface area (Å²) in [4.78, 5) is 0. The second-order valence-corrected chi connectivity index (χ2v) is 3.59. The lowest BCUT2D eigenvalue weighted by atomic mass is 9.93. The van der Waals surface area contributed by atoms with Crippen LogP contribution in [0.15, 0.2) is 6.07 Å². The van der Waals surface area contributed by atoms with E-state index < -0.39 is 0 Å². The van der Waals surface area contributed by atoms with E-state index in [1.54, 1.807) is 0 Å². The molecular weight excluding hydrogens is 168 g/mol. The third kappa shape index (κ3) is 2.60. The Balaban J connectivity index is 0.000000791. The Morgan fingerprint density at radius 2 is 1.36 bits per heavy atom. The van der Waals surface area contributed by atoms with Crippen molar-refractivity contribution < 1.29 is 0 Å². The highest BCUT2D eigenvalue weighted by molar-refractivity contribution is 5.43. The third-order valence-corrected chi connectivity index (χ3v) is 2.87. The molecular formula is C14H24. The van der Waals surface area contributed by atoms with Crippen LogP contribution >= 0.6 is 0 Å². The quantitative estimate of drug-likeness (QED) is 0.614. The molecule has 0 amide bonds. The highest BCUT2D eigenvalue weighted by Crippen LogP contribution is 2.21. The highest BCUT2D eigenvalue weighted by atomic mass is 14.1. The van der Waals surface area contributed by atoms with E-state index in [9.17, 15) is 0 Å². The average molecular weight is 192 g/mol. The zero-order valence-corrected chi connectivity index (χ0v) is 10.8. The molecule has 0 heterocycles. The first-order chi connectivity index (χ1) is 6.57. The van der Waals surface area contributed by atoms with Crippen LogP contribution in [0.25, 0.3) is 0 Å². The Bertz CT molecular complexity index is 295. The van der Waals surface area contributed by atoms with Crippen LogP contribution in [0.1, 0.15) is 48.6 Å². The van der Waals surface area contributed by atoms with E-state index in [-0.39, 0.29) is 0 Å². The van der Waals surface area contributed by atoms with Crippen LogP contribution in [0.2, 0.25) is 0 Å². The maximum absolute atomic E-state index is 2.29. The number of rotatable bonds is 1. The minimum atomic E-state index is 1.15. The Hall–Kier alpha value is -0.780. The van der Waals surface area contributed by atoms with Gasteiger partial charge in [0.1, 0.15) is 0 Å². The van der Waals surface area contributed by atoms with Crippen LogP contribution < -0.4 is 0 Å². The maximum Gasteiger partial charge on any atom is -0.0302 e. The molecule has 0 heteroatoms. The minimum absolute atomic E-state index is 1.15. The van der Waals surface area contributed by atoms with Crippen LogP contribution in [-0.4, -0.2) is 0 Å². The summed E-state index contributed by atoms with van der Waals surface area (Å²) < 4.78 is 0. The summed E-state index contributed by atoms with van der Waals surface area (Å²) in [6, 6.07) is 2.29. The molecule has 0 unspecified atom stereocenters. The summed E-state index contributed by atoms with van der Waals surface area (Å²) in [7, 11) is 0. The van der Waals surface area contributed by atoms with Crippen molar-refractivity contribution in [3.05, 3.63) is 33.9 Å². The minimum Gasteiger partial charge on any atom is -0.0683 e. The fourth-order valence-corrected chi connectivity index (χ4v) is 1.88. The standard InChI is InChI=1S/C12H18.C2H6/c1-6-12-9(3)7-8(2)10(4)11(12)5;1-2/h7H,6H2,1-5H3;1-2H3. The molecule has 0 saturated heterocycles. The average Bonchev–Trinajstić information content (AvgIpc) is 2.18. The van der Waals surface area contributed by atoms with Crippen LogP contribution in [0.4, 0.5) is 0 Å².